The predicted molar refractivity (Wildman–Crippen MR) is 55.1 cm³/mol. The summed E-state index contributed by atoms with van der Waals surface area (Å²) in [6, 6.07) is 7.37. The Morgan fingerprint density at radius 3 is 2.23 bits per heavy atom. The molecule has 0 saturated carbocycles. The Hall–Kier alpha value is -1.02. The van der Waals surface area contributed by atoms with Crippen LogP contribution < -0.4 is 4.90 Å². The van der Waals surface area contributed by atoms with Crippen molar-refractivity contribution in [2.24, 2.45) is 0 Å². The maximum Gasteiger partial charge on any atom is 0.214 e. The SMILES string of the molecule is CC(C)N(C=O)c1ccc(Cl)cc1. The number of hydrogen-bond donors (Lipinski definition) is 0. The number of carbonyl (C=O) groups is 1. The first kappa shape index (κ1) is 10.1. The fourth-order valence-corrected chi connectivity index (χ4v) is 1.22. The van der Waals surface area contributed by atoms with Gasteiger partial charge in [0.2, 0.25) is 6.41 Å². The zero-order valence-electron chi connectivity index (χ0n) is 7.70. The van der Waals surface area contributed by atoms with Gasteiger partial charge in [0.05, 0.1) is 0 Å². The van der Waals surface area contributed by atoms with Crippen molar-refractivity contribution >= 4 is 23.7 Å². The second-order valence-corrected chi connectivity index (χ2v) is 3.52. The Balaban J connectivity index is 2.92. The maximum atomic E-state index is 10.7. The van der Waals surface area contributed by atoms with Gasteiger partial charge in [0.15, 0.2) is 0 Å². The van der Waals surface area contributed by atoms with Crippen LogP contribution in [0.5, 0.6) is 0 Å². The van der Waals surface area contributed by atoms with Crippen LogP contribution in [0, 0.1) is 0 Å². The highest BCUT2D eigenvalue weighted by atomic mass is 35.5. The molecule has 70 valence electrons. The number of halogens is 1. The number of benzene rings is 1. The monoisotopic (exact) mass is 197 g/mol. The molecular weight excluding hydrogens is 186 g/mol. The number of carbonyl (C=O) groups excluding carboxylic acids is 1. The number of rotatable bonds is 3. The predicted octanol–water partition coefficient (Wildman–Crippen LogP) is 2.71. The molecule has 0 bridgehead atoms. The maximum absolute atomic E-state index is 10.7. The summed E-state index contributed by atoms with van der Waals surface area (Å²) in [6.45, 7) is 3.92. The third-order valence-electron chi connectivity index (χ3n) is 1.79. The molecule has 2 nitrogen and oxygen atoms in total. The second kappa shape index (κ2) is 4.28. The Morgan fingerprint density at radius 2 is 1.85 bits per heavy atom. The van der Waals surface area contributed by atoms with E-state index in [1.165, 1.54) is 0 Å². The van der Waals surface area contributed by atoms with E-state index in [0.717, 1.165) is 12.1 Å². The van der Waals surface area contributed by atoms with Crippen molar-refractivity contribution in [1.29, 1.82) is 0 Å². The summed E-state index contributed by atoms with van der Waals surface area (Å²) in [6.07, 6.45) is 0.827. The molecule has 0 aliphatic heterocycles. The molecule has 1 aromatic carbocycles. The standard InChI is InChI=1S/C10H12ClNO/c1-8(2)12(7-13)10-5-3-9(11)4-6-10/h3-8H,1-2H3. The Bertz CT molecular complexity index is 281. The highest BCUT2D eigenvalue weighted by molar-refractivity contribution is 6.30. The van der Waals surface area contributed by atoms with Gasteiger partial charge in [0.25, 0.3) is 0 Å². The summed E-state index contributed by atoms with van der Waals surface area (Å²) in [5.74, 6) is 0. The van der Waals surface area contributed by atoms with Crippen LogP contribution in [0.25, 0.3) is 0 Å². The van der Waals surface area contributed by atoms with E-state index in [1.807, 2.05) is 26.0 Å². The molecule has 0 radical (unpaired) electrons. The minimum atomic E-state index is 0.165. The van der Waals surface area contributed by atoms with Crippen molar-refractivity contribution in [3.05, 3.63) is 29.3 Å². The molecule has 0 aliphatic rings. The van der Waals surface area contributed by atoms with E-state index < -0.39 is 0 Å². The van der Waals surface area contributed by atoms with Gasteiger partial charge in [-0.15, -0.1) is 0 Å². The van der Waals surface area contributed by atoms with Crippen molar-refractivity contribution in [1.82, 2.24) is 0 Å². The third-order valence-corrected chi connectivity index (χ3v) is 2.05. The summed E-state index contributed by atoms with van der Waals surface area (Å²) in [5.41, 5.74) is 0.870. The fraction of sp³-hybridized carbons (Fsp3) is 0.300. The van der Waals surface area contributed by atoms with Gasteiger partial charge in [-0.05, 0) is 38.1 Å². The molecule has 0 spiro atoms. The smallest absolute Gasteiger partial charge is 0.214 e. The lowest BCUT2D eigenvalue weighted by Gasteiger charge is -2.21. The van der Waals surface area contributed by atoms with Gasteiger partial charge in [0.1, 0.15) is 0 Å². The lowest BCUT2D eigenvalue weighted by Crippen LogP contribution is -2.28. The summed E-state index contributed by atoms with van der Waals surface area (Å²) < 4.78 is 0. The Kier molecular flexibility index (Phi) is 3.32. The van der Waals surface area contributed by atoms with E-state index in [-0.39, 0.29) is 6.04 Å². The van der Waals surface area contributed by atoms with Crippen molar-refractivity contribution < 1.29 is 4.79 Å². The molecule has 0 aromatic heterocycles. The molecule has 1 amide bonds. The molecule has 13 heavy (non-hydrogen) atoms. The second-order valence-electron chi connectivity index (χ2n) is 3.08. The molecule has 0 heterocycles. The molecule has 0 unspecified atom stereocenters. The van der Waals surface area contributed by atoms with Gasteiger partial charge in [-0.25, -0.2) is 0 Å². The highest BCUT2D eigenvalue weighted by Gasteiger charge is 2.07. The molecule has 0 saturated heterocycles. The van der Waals surface area contributed by atoms with Crippen LogP contribution in [0.3, 0.4) is 0 Å². The van der Waals surface area contributed by atoms with Gasteiger partial charge in [0, 0.05) is 16.8 Å². The van der Waals surface area contributed by atoms with Crippen LogP contribution in [0.4, 0.5) is 5.69 Å². The number of amides is 1. The lowest BCUT2D eigenvalue weighted by atomic mass is 10.2. The van der Waals surface area contributed by atoms with E-state index in [2.05, 4.69) is 0 Å². The van der Waals surface area contributed by atoms with Crippen LogP contribution in [0.1, 0.15) is 13.8 Å². The first-order valence-electron chi connectivity index (χ1n) is 4.14. The van der Waals surface area contributed by atoms with Gasteiger partial charge in [-0.3, -0.25) is 4.79 Å². The summed E-state index contributed by atoms with van der Waals surface area (Å²) in [7, 11) is 0. The van der Waals surface area contributed by atoms with Crippen molar-refractivity contribution in [2.75, 3.05) is 4.90 Å². The molecule has 0 aliphatic carbocycles. The van der Waals surface area contributed by atoms with Crippen LogP contribution >= 0.6 is 11.6 Å². The van der Waals surface area contributed by atoms with Crippen LogP contribution in [0.15, 0.2) is 24.3 Å². The largest absolute Gasteiger partial charge is 0.313 e. The van der Waals surface area contributed by atoms with Crippen molar-refractivity contribution in [3.8, 4) is 0 Å². The zero-order valence-corrected chi connectivity index (χ0v) is 8.45. The number of hydrogen-bond acceptors (Lipinski definition) is 1. The van der Waals surface area contributed by atoms with Crippen molar-refractivity contribution in [2.45, 2.75) is 19.9 Å². The average molecular weight is 198 g/mol. The topological polar surface area (TPSA) is 20.3 Å². The lowest BCUT2D eigenvalue weighted by molar-refractivity contribution is -0.107. The van der Waals surface area contributed by atoms with Crippen LogP contribution in [-0.4, -0.2) is 12.5 Å². The molecule has 0 atom stereocenters. The molecule has 0 fully saturated rings. The Labute approximate surface area is 83.1 Å². The molecular formula is C10H12ClNO. The first-order chi connectivity index (χ1) is 6.15. The molecule has 3 heteroatoms. The van der Waals surface area contributed by atoms with Crippen LogP contribution in [-0.2, 0) is 4.79 Å². The number of nitrogens with zero attached hydrogens (tertiary/aromatic N) is 1. The quantitative estimate of drug-likeness (QED) is 0.683. The van der Waals surface area contributed by atoms with Gasteiger partial charge in [-0.2, -0.15) is 0 Å². The minimum Gasteiger partial charge on any atom is -0.313 e. The van der Waals surface area contributed by atoms with E-state index in [1.54, 1.807) is 17.0 Å². The zero-order chi connectivity index (χ0) is 9.84. The van der Waals surface area contributed by atoms with E-state index in [4.69, 9.17) is 11.6 Å². The van der Waals surface area contributed by atoms with Crippen LogP contribution in [0.2, 0.25) is 5.02 Å². The molecule has 1 rings (SSSR count). The average Bonchev–Trinajstić information content (AvgIpc) is 2.09. The third kappa shape index (κ3) is 2.46. The minimum absolute atomic E-state index is 0.165. The Morgan fingerprint density at radius 1 is 1.31 bits per heavy atom. The van der Waals surface area contributed by atoms with Crippen molar-refractivity contribution in [3.63, 3.8) is 0 Å². The van der Waals surface area contributed by atoms with E-state index >= 15 is 0 Å². The number of anilines is 1. The van der Waals surface area contributed by atoms with Gasteiger partial charge < -0.3 is 4.90 Å². The van der Waals surface area contributed by atoms with Gasteiger partial charge >= 0.3 is 0 Å². The summed E-state index contributed by atoms with van der Waals surface area (Å²) in [4.78, 5) is 12.4. The fourth-order valence-electron chi connectivity index (χ4n) is 1.09. The van der Waals surface area contributed by atoms with E-state index in [9.17, 15) is 4.79 Å². The van der Waals surface area contributed by atoms with E-state index in [0.29, 0.717) is 5.02 Å². The highest BCUT2D eigenvalue weighted by Crippen LogP contribution is 2.18. The molecule has 0 N–H and O–H groups in total. The summed E-state index contributed by atoms with van der Waals surface area (Å²) in [5, 5.41) is 0.679. The summed E-state index contributed by atoms with van der Waals surface area (Å²) >= 11 is 5.73. The van der Waals surface area contributed by atoms with Gasteiger partial charge in [-0.1, -0.05) is 11.6 Å². The normalized spacial score (nSPS) is 10.2. The molecule has 1 aromatic rings. The first-order valence-corrected chi connectivity index (χ1v) is 4.52.